The Morgan fingerprint density at radius 1 is 0.960 bits per heavy atom. The van der Waals surface area contributed by atoms with Crippen LogP contribution in [-0.2, 0) is 0 Å². The lowest BCUT2D eigenvalue weighted by atomic mass is 10.0. The van der Waals surface area contributed by atoms with Crippen molar-refractivity contribution in [3.63, 3.8) is 0 Å². The Bertz CT molecular complexity index is 833. The Morgan fingerprint density at radius 3 is 2.44 bits per heavy atom. The van der Waals surface area contributed by atoms with Gasteiger partial charge in [0.25, 0.3) is 0 Å². The van der Waals surface area contributed by atoms with E-state index >= 15 is 0 Å². The van der Waals surface area contributed by atoms with Gasteiger partial charge in [0.15, 0.2) is 5.82 Å². The van der Waals surface area contributed by atoms with Gasteiger partial charge in [0, 0.05) is 5.69 Å². The van der Waals surface area contributed by atoms with Gasteiger partial charge in [-0.15, -0.1) is 5.10 Å². The highest BCUT2D eigenvalue weighted by molar-refractivity contribution is 5.64. The normalized spacial score (nSPS) is 10.6. The summed E-state index contributed by atoms with van der Waals surface area (Å²) in [6.07, 6.45) is 1.57. The lowest BCUT2D eigenvalue weighted by molar-refractivity contribution is 0.417. The number of anilines is 4. The highest BCUT2D eigenvalue weighted by atomic mass is 16.5. The first-order chi connectivity index (χ1) is 12.2. The molecule has 0 aliphatic carbocycles. The van der Waals surface area contributed by atoms with Crippen molar-refractivity contribution >= 4 is 23.1 Å². The van der Waals surface area contributed by atoms with Crippen molar-refractivity contribution in [3.05, 3.63) is 60.3 Å². The van der Waals surface area contributed by atoms with Crippen LogP contribution in [0, 0.1) is 0 Å². The van der Waals surface area contributed by atoms with Gasteiger partial charge in [-0.05, 0) is 35.7 Å². The van der Waals surface area contributed by atoms with E-state index in [0.717, 1.165) is 17.1 Å². The minimum Gasteiger partial charge on any atom is -0.495 e. The summed E-state index contributed by atoms with van der Waals surface area (Å²) in [6.45, 7) is 4.34. The molecule has 6 heteroatoms. The SMILES string of the molecule is COc1ccccc1Nc1cnnc(Nc2ccc(C(C)C)cc2)n1. The van der Waals surface area contributed by atoms with Crippen LogP contribution in [0.25, 0.3) is 0 Å². The Morgan fingerprint density at radius 2 is 1.72 bits per heavy atom. The van der Waals surface area contributed by atoms with E-state index in [1.807, 2.05) is 36.4 Å². The molecule has 0 aliphatic heterocycles. The van der Waals surface area contributed by atoms with E-state index in [9.17, 15) is 0 Å². The molecule has 1 aromatic heterocycles. The fourth-order valence-corrected chi connectivity index (χ4v) is 2.38. The number of hydrogen-bond acceptors (Lipinski definition) is 6. The molecule has 0 saturated heterocycles. The molecule has 128 valence electrons. The predicted octanol–water partition coefficient (Wildman–Crippen LogP) is 4.49. The zero-order valence-electron chi connectivity index (χ0n) is 14.5. The standard InChI is InChI=1S/C19H21N5O/c1-13(2)14-8-10-15(11-9-14)21-19-23-18(12-20-24-19)22-16-6-4-5-7-17(16)25-3/h4-13H,1-3H3,(H2,21,22,23,24). The van der Waals surface area contributed by atoms with Crippen molar-refractivity contribution < 1.29 is 4.74 Å². The van der Waals surface area contributed by atoms with Gasteiger partial charge in [-0.25, -0.2) is 0 Å². The number of aromatic nitrogens is 3. The third-order valence-corrected chi connectivity index (χ3v) is 3.76. The minimum absolute atomic E-state index is 0.428. The Balaban J connectivity index is 1.75. The molecule has 0 unspecified atom stereocenters. The van der Waals surface area contributed by atoms with Crippen LogP contribution in [0.3, 0.4) is 0 Å². The van der Waals surface area contributed by atoms with E-state index in [4.69, 9.17) is 4.74 Å². The van der Waals surface area contributed by atoms with E-state index < -0.39 is 0 Å². The Kier molecular flexibility index (Phi) is 5.09. The van der Waals surface area contributed by atoms with Crippen LogP contribution in [0.4, 0.5) is 23.1 Å². The molecule has 3 aromatic rings. The lowest BCUT2D eigenvalue weighted by Crippen LogP contribution is -2.03. The van der Waals surface area contributed by atoms with Crippen LogP contribution in [0.15, 0.2) is 54.7 Å². The molecular formula is C19H21N5O. The molecular weight excluding hydrogens is 314 g/mol. The fraction of sp³-hybridized carbons (Fsp3) is 0.211. The largest absolute Gasteiger partial charge is 0.495 e. The summed E-state index contributed by atoms with van der Waals surface area (Å²) < 4.78 is 5.33. The molecule has 0 bridgehead atoms. The minimum atomic E-state index is 0.428. The van der Waals surface area contributed by atoms with Crippen molar-refractivity contribution in [1.29, 1.82) is 0 Å². The van der Waals surface area contributed by atoms with Crippen LogP contribution in [0.2, 0.25) is 0 Å². The maximum Gasteiger partial charge on any atom is 0.249 e. The second-order valence-corrected chi connectivity index (χ2v) is 5.89. The van der Waals surface area contributed by atoms with Crippen molar-refractivity contribution in [2.24, 2.45) is 0 Å². The monoisotopic (exact) mass is 335 g/mol. The number of hydrogen-bond donors (Lipinski definition) is 2. The zero-order chi connectivity index (χ0) is 17.6. The topological polar surface area (TPSA) is 72.0 Å². The molecule has 1 heterocycles. The summed E-state index contributed by atoms with van der Waals surface area (Å²) in [5, 5.41) is 14.4. The summed E-state index contributed by atoms with van der Waals surface area (Å²) in [6, 6.07) is 15.8. The van der Waals surface area contributed by atoms with Crippen LogP contribution in [0.5, 0.6) is 5.75 Å². The van der Waals surface area contributed by atoms with Gasteiger partial charge in [-0.2, -0.15) is 10.1 Å². The number of para-hydroxylation sites is 2. The highest BCUT2D eigenvalue weighted by Gasteiger charge is 2.06. The van der Waals surface area contributed by atoms with Crippen molar-refractivity contribution in [1.82, 2.24) is 15.2 Å². The molecule has 0 aliphatic rings. The molecule has 0 fully saturated rings. The maximum atomic E-state index is 5.33. The van der Waals surface area contributed by atoms with E-state index in [2.05, 4.69) is 51.8 Å². The molecule has 0 spiro atoms. The number of ether oxygens (including phenoxy) is 1. The molecule has 0 amide bonds. The number of methoxy groups -OCH3 is 1. The van der Waals surface area contributed by atoms with Gasteiger partial charge in [-0.3, -0.25) is 0 Å². The van der Waals surface area contributed by atoms with Gasteiger partial charge in [0.1, 0.15) is 5.75 Å². The number of rotatable bonds is 6. The summed E-state index contributed by atoms with van der Waals surface area (Å²) in [5.41, 5.74) is 3.02. The smallest absolute Gasteiger partial charge is 0.249 e. The van der Waals surface area contributed by atoms with Crippen molar-refractivity contribution in [2.45, 2.75) is 19.8 Å². The van der Waals surface area contributed by atoms with Crippen LogP contribution in [0.1, 0.15) is 25.3 Å². The van der Waals surface area contributed by atoms with Gasteiger partial charge in [-0.1, -0.05) is 38.1 Å². The first kappa shape index (κ1) is 16.7. The molecule has 2 N–H and O–H groups in total. The van der Waals surface area contributed by atoms with E-state index in [0.29, 0.717) is 17.7 Å². The number of nitrogens with one attached hydrogen (secondary N) is 2. The van der Waals surface area contributed by atoms with E-state index in [1.165, 1.54) is 5.56 Å². The highest BCUT2D eigenvalue weighted by Crippen LogP contribution is 2.26. The molecule has 0 atom stereocenters. The van der Waals surface area contributed by atoms with E-state index in [-0.39, 0.29) is 0 Å². The molecule has 2 aromatic carbocycles. The van der Waals surface area contributed by atoms with Gasteiger partial charge < -0.3 is 15.4 Å². The third-order valence-electron chi connectivity index (χ3n) is 3.76. The summed E-state index contributed by atoms with van der Waals surface area (Å²) in [4.78, 5) is 4.44. The van der Waals surface area contributed by atoms with Crippen LogP contribution in [-0.4, -0.2) is 22.3 Å². The Labute approximate surface area is 147 Å². The van der Waals surface area contributed by atoms with Gasteiger partial charge >= 0.3 is 0 Å². The summed E-state index contributed by atoms with van der Waals surface area (Å²) in [5.74, 6) is 2.25. The average molecular weight is 335 g/mol. The summed E-state index contributed by atoms with van der Waals surface area (Å²) in [7, 11) is 1.63. The van der Waals surface area contributed by atoms with Crippen LogP contribution >= 0.6 is 0 Å². The second-order valence-electron chi connectivity index (χ2n) is 5.89. The molecule has 0 saturated carbocycles. The van der Waals surface area contributed by atoms with Gasteiger partial charge in [0.05, 0.1) is 19.0 Å². The molecule has 0 radical (unpaired) electrons. The third kappa shape index (κ3) is 4.23. The predicted molar refractivity (Wildman–Crippen MR) is 99.9 cm³/mol. The Hall–Kier alpha value is -3.15. The average Bonchev–Trinajstić information content (AvgIpc) is 2.63. The number of nitrogens with zero attached hydrogens (tertiary/aromatic N) is 3. The first-order valence-electron chi connectivity index (χ1n) is 8.12. The van der Waals surface area contributed by atoms with E-state index in [1.54, 1.807) is 13.3 Å². The van der Waals surface area contributed by atoms with Crippen molar-refractivity contribution in [3.8, 4) is 5.75 Å². The zero-order valence-corrected chi connectivity index (χ0v) is 14.5. The number of benzene rings is 2. The maximum absolute atomic E-state index is 5.33. The van der Waals surface area contributed by atoms with Crippen molar-refractivity contribution in [2.75, 3.05) is 17.7 Å². The first-order valence-corrected chi connectivity index (χ1v) is 8.12. The summed E-state index contributed by atoms with van der Waals surface area (Å²) >= 11 is 0. The quantitative estimate of drug-likeness (QED) is 0.691. The molecule has 25 heavy (non-hydrogen) atoms. The fourth-order valence-electron chi connectivity index (χ4n) is 2.38. The lowest BCUT2D eigenvalue weighted by Gasteiger charge is -2.11. The molecule has 6 nitrogen and oxygen atoms in total. The second kappa shape index (κ2) is 7.61. The van der Waals surface area contributed by atoms with Gasteiger partial charge in [0.2, 0.25) is 5.95 Å². The van der Waals surface area contributed by atoms with Crippen LogP contribution < -0.4 is 15.4 Å². The molecule has 3 rings (SSSR count).